The van der Waals surface area contributed by atoms with Crippen molar-refractivity contribution in [1.82, 2.24) is 20.5 Å². The van der Waals surface area contributed by atoms with Crippen LogP contribution in [0.3, 0.4) is 0 Å². The molecule has 1 fully saturated rings. The van der Waals surface area contributed by atoms with Gasteiger partial charge in [0.2, 0.25) is 5.54 Å². The summed E-state index contributed by atoms with van der Waals surface area (Å²) >= 11 is 0. The number of benzene rings is 2. The molecular weight excluding hydrogens is 576 g/mol. The number of allylic oxidation sites excluding steroid dienone is 1. The third-order valence-electron chi connectivity index (χ3n) is 7.26. The lowest BCUT2D eigenvalue weighted by Gasteiger charge is -2.26. The van der Waals surface area contributed by atoms with Crippen LogP contribution in [0, 0.1) is 11.8 Å². The number of fused-ring (bicyclic) bond motifs is 1. The van der Waals surface area contributed by atoms with Gasteiger partial charge in [-0.3, -0.25) is 24.7 Å². The molecule has 2 aliphatic rings. The maximum Gasteiger partial charge on any atom is 0.323 e. The van der Waals surface area contributed by atoms with Crippen molar-refractivity contribution in [3.8, 4) is 34.6 Å². The number of hydrogen-bond donors (Lipinski definition) is 3. The van der Waals surface area contributed by atoms with Gasteiger partial charge in [0.05, 0.1) is 19.3 Å². The van der Waals surface area contributed by atoms with Gasteiger partial charge >= 0.3 is 12.0 Å². The van der Waals surface area contributed by atoms with E-state index in [1.807, 2.05) is 0 Å². The molecule has 0 bridgehead atoms. The fourth-order valence-electron chi connectivity index (χ4n) is 4.93. The number of aliphatic imine (C=N–C) groups is 1. The number of urea groups is 1. The first-order valence-electron chi connectivity index (χ1n) is 14.0. The molecule has 4 amide bonds. The summed E-state index contributed by atoms with van der Waals surface area (Å²) in [7, 11) is 3.13. The van der Waals surface area contributed by atoms with E-state index in [0.29, 0.717) is 39.4 Å². The largest absolute Gasteiger partial charge is 0.497 e. The van der Waals surface area contributed by atoms with Crippen molar-refractivity contribution in [3.05, 3.63) is 83.2 Å². The van der Waals surface area contributed by atoms with E-state index in [9.17, 15) is 19.2 Å². The van der Waals surface area contributed by atoms with Crippen LogP contribution in [0.2, 0.25) is 0 Å². The van der Waals surface area contributed by atoms with Crippen LogP contribution in [-0.4, -0.2) is 66.2 Å². The number of carbonyl (C=O) groups is 4. The predicted octanol–water partition coefficient (Wildman–Crippen LogP) is 2.66. The minimum atomic E-state index is -1.67. The van der Waals surface area contributed by atoms with Crippen LogP contribution in [0.1, 0.15) is 40.5 Å². The fraction of sp³-hybridized carbons (Fsp3) is 0.212. The number of methoxy groups -OCH3 is 1. The third kappa shape index (κ3) is 6.23. The van der Waals surface area contributed by atoms with E-state index in [0.717, 1.165) is 5.56 Å². The summed E-state index contributed by atoms with van der Waals surface area (Å²) in [5.41, 5.74) is 8.02. The molecule has 3 heterocycles. The molecule has 1 aromatic heterocycles. The standard InChI is InChI=1S/C33H30N6O6/c1-4-28(40)45-27-12-11-26(23(16-34)17-35-2)36-29(27)21-7-5-20(6-8-21)13-14-33(31(42)37-32(43)38-33)19-39-18-22-9-10-24(44-3)15-25(22)30(39)41/h5-12,15-17H,4,18-19,34H2,1-3H3,(H2,37,38,42,43)/t33-/m1/s1. The molecule has 1 atom stereocenters. The number of aromatic nitrogens is 1. The van der Waals surface area contributed by atoms with E-state index < -0.39 is 23.4 Å². The van der Waals surface area contributed by atoms with Crippen molar-refractivity contribution in [2.24, 2.45) is 10.7 Å². The second-order valence-corrected chi connectivity index (χ2v) is 10.2. The summed E-state index contributed by atoms with van der Waals surface area (Å²) in [4.78, 5) is 60.7. The molecule has 45 heavy (non-hydrogen) atoms. The van der Waals surface area contributed by atoms with Crippen LogP contribution in [0.5, 0.6) is 11.5 Å². The molecule has 0 saturated carbocycles. The first-order chi connectivity index (χ1) is 21.7. The third-order valence-corrected chi connectivity index (χ3v) is 7.26. The van der Waals surface area contributed by atoms with Gasteiger partial charge in [-0.25, -0.2) is 9.78 Å². The Bertz CT molecular complexity index is 1820. The van der Waals surface area contributed by atoms with Crippen molar-refractivity contribution in [1.29, 1.82) is 0 Å². The predicted molar refractivity (Wildman–Crippen MR) is 166 cm³/mol. The number of esters is 1. The van der Waals surface area contributed by atoms with E-state index in [1.165, 1.54) is 18.2 Å². The van der Waals surface area contributed by atoms with Crippen molar-refractivity contribution >= 4 is 35.6 Å². The first kappa shape index (κ1) is 30.5. The number of pyridine rings is 1. The van der Waals surface area contributed by atoms with Crippen LogP contribution in [0.15, 0.2) is 65.8 Å². The molecule has 2 aromatic carbocycles. The Morgan fingerprint density at radius 3 is 2.58 bits per heavy atom. The van der Waals surface area contributed by atoms with Crippen molar-refractivity contribution in [2.75, 3.05) is 20.7 Å². The quantitative estimate of drug-likeness (QED) is 0.152. The number of imide groups is 1. The first-order valence-corrected chi connectivity index (χ1v) is 14.0. The Labute approximate surface area is 259 Å². The Kier molecular flexibility index (Phi) is 8.62. The van der Waals surface area contributed by atoms with Gasteiger partial charge in [-0.05, 0) is 42.0 Å². The molecule has 0 unspecified atom stereocenters. The molecule has 4 N–H and O–H groups in total. The Hall–Kier alpha value is -5.96. The lowest BCUT2D eigenvalue weighted by Crippen LogP contribution is -2.54. The van der Waals surface area contributed by atoms with Gasteiger partial charge in [-0.1, -0.05) is 37.0 Å². The molecule has 0 aliphatic carbocycles. The molecule has 5 rings (SSSR count). The average Bonchev–Trinajstić information content (AvgIpc) is 3.51. The average molecular weight is 607 g/mol. The minimum absolute atomic E-state index is 0.160. The van der Waals surface area contributed by atoms with Gasteiger partial charge in [-0.2, -0.15) is 0 Å². The Balaban J connectivity index is 1.44. The zero-order valence-electron chi connectivity index (χ0n) is 24.8. The van der Waals surface area contributed by atoms with Crippen LogP contribution in [0.4, 0.5) is 4.79 Å². The summed E-state index contributed by atoms with van der Waals surface area (Å²) in [6, 6.07) is 14.7. The Morgan fingerprint density at radius 2 is 1.93 bits per heavy atom. The molecule has 0 radical (unpaired) electrons. The lowest BCUT2D eigenvalue weighted by molar-refractivity contribution is -0.134. The van der Waals surface area contributed by atoms with Gasteiger partial charge in [0.1, 0.15) is 11.4 Å². The SMILES string of the molecule is CCC(=O)Oc1ccc(C(C=NC)=CN)nc1-c1ccc(C#C[C@]2(CN3Cc4ccc(OC)cc4C3=O)NC(=O)NC2=O)cc1. The highest BCUT2D eigenvalue weighted by molar-refractivity contribution is 6.10. The Morgan fingerprint density at radius 1 is 1.16 bits per heavy atom. The molecule has 1 saturated heterocycles. The zero-order chi connectivity index (χ0) is 32.1. The number of ether oxygens (including phenoxy) is 2. The van der Waals surface area contributed by atoms with Gasteiger partial charge < -0.3 is 25.4 Å². The van der Waals surface area contributed by atoms with E-state index >= 15 is 0 Å². The molecule has 12 heteroatoms. The summed E-state index contributed by atoms with van der Waals surface area (Å²) in [6.07, 6.45) is 3.14. The summed E-state index contributed by atoms with van der Waals surface area (Å²) in [6.45, 7) is 1.79. The highest BCUT2D eigenvalue weighted by Crippen LogP contribution is 2.31. The molecule has 12 nitrogen and oxygen atoms in total. The van der Waals surface area contributed by atoms with Crippen LogP contribution in [0.25, 0.3) is 16.8 Å². The number of rotatable bonds is 8. The van der Waals surface area contributed by atoms with E-state index in [-0.39, 0.29) is 31.2 Å². The van der Waals surface area contributed by atoms with E-state index in [4.69, 9.17) is 15.2 Å². The topological polar surface area (TPSA) is 165 Å². The van der Waals surface area contributed by atoms with Gasteiger partial charge in [0, 0.05) is 54.7 Å². The number of nitrogens with zero attached hydrogens (tertiary/aromatic N) is 3. The number of hydrogen-bond acceptors (Lipinski definition) is 9. The normalized spacial score (nSPS) is 17.4. The van der Waals surface area contributed by atoms with Crippen LogP contribution >= 0.6 is 0 Å². The summed E-state index contributed by atoms with van der Waals surface area (Å²) in [5, 5.41) is 4.84. The highest BCUT2D eigenvalue weighted by atomic mass is 16.5. The maximum atomic E-state index is 13.2. The molecular formula is C33H30N6O6. The number of nitrogens with two attached hydrogens (primary N) is 1. The molecule has 3 aromatic rings. The van der Waals surface area contributed by atoms with Crippen molar-refractivity contribution < 1.29 is 28.7 Å². The minimum Gasteiger partial charge on any atom is -0.497 e. The number of carbonyl (C=O) groups excluding carboxylic acids is 4. The van der Waals surface area contributed by atoms with Crippen molar-refractivity contribution in [3.63, 3.8) is 0 Å². The summed E-state index contributed by atoms with van der Waals surface area (Å²) < 4.78 is 10.8. The van der Waals surface area contributed by atoms with Crippen LogP contribution < -0.4 is 25.8 Å². The molecule has 2 aliphatic heterocycles. The fourth-order valence-corrected chi connectivity index (χ4v) is 4.93. The molecule has 0 spiro atoms. The van der Waals surface area contributed by atoms with Gasteiger partial charge in [0.15, 0.2) is 5.75 Å². The van der Waals surface area contributed by atoms with Gasteiger partial charge in [0.25, 0.3) is 11.8 Å². The van der Waals surface area contributed by atoms with E-state index in [2.05, 4.69) is 32.5 Å². The maximum absolute atomic E-state index is 13.2. The number of amides is 4. The number of nitrogens with one attached hydrogen (secondary N) is 2. The second kappa shape index (κ2) is 12.7. The van der Waals surface area contributed by atoms with Crippen LogP contribution in [-0.2, 0) is 16.1 Å². The highest BCUT2D eigenvalue weighted by Gasteiger charge is 2.48. The second-order valence-electron chi connectivity index (χ2n) is 10.2. The van der Waals surface area contributed by atoms with Crippen molar-refractivity contribution in [2.45, 2.75) is 25.4 Å². The zero-order valence-corrected chi connectivity index (χ0v) is 24.8. The van der Waals surface area contributed by atoms with E-state index in [1.54, 1.807) is 74.8 Å². The monoisotopic (exact) mass is 606 g/mol. The lowest BCUT2D eigenvalue weighted by atomic mass is 9.98. The smallest absolute Gasteiger partial charge is 0.323 e. The molecule has 228 valence electrons. The summed E-state index contributed by atoms with van der Waals surface area (Å²) in [5.74, 6) is 5.31. The van der Waals surface area contributed by atoms with Gasteiger partial charge in [-0.15, -0.1) is 0 Å².